The summed E-state index contributed by atoms with van der Waals surface area (Å²) < 4.78 is 47.7. The maximum absolute atomic E-state index is 12.5. The molecule has 0 aliphatic carbocycles. The molecule has 142 valence electrons. The van der Waals surface area contributed by atoms with Crippen molar-refractivity contribution in [3.63, 3.8) is 0 Å². The van der Waals surface area contributed by atoms with Crippen LogP contribution >= 0.6 is 0 Å². The number of terminal acetylenes is 1. The average Bonchev–Trinajstić information content (AvgIpc) is 2.58. The summed E-state index contributed by atoms with van der Waals surface area (Å²) in [5.74, 6) is 2.01. The first-order valence-electron chi connectivity index (χ1n) is 8.12. The third-order valence-corrected chi connectivity index (χ3v) is 3.37. The van der Waals surface area contributed by atoms with Crippen LogP contribution in [0, 0.1) is 12.3 Å². The first kappa shape index (κ1) is 20.4. The molecule has 3 nitrogen and oxygen atoms in total. The molecule has 0 fully saturated rings. The normalized spacial score (nSPS) is 11.6. The quantitative estimate of drug-likeness (QED) is 0.541. The van der Waals surface area contributed by atoms with Gasteiger partial charge in [0, 0.05) is 11.1 Å². The van der Waals surface area contributed by atoms with Crippen LogP contribution in [0.1, 0.15) is 36.7 Å². The number of esters is 1. The molecule has 0 aromatic heterocycles. The summed E-state index contributed by atoms with van der Waals surface area (Å²) in [6.07, 6.45) is 0.925. The number of hydrogen-bond donors (Lipinski definition) is 0. The van der Waals surface area contributed by atoms with Crippen LogP contribution in [0.3, 0.4) is 0 Å². The molecular formula is C21H19F3O3. The largest absolute Gasteiger partial charge is 0.483 e. The molecule has 0 aliphatic heterocycles. The van der Waals surface area contributed by atoms with E-state index in [0.29, 0.717) is 22.3 Å². The van der Waals surface area contributed by atoms with E-state index in [1.807, 2.05) is 0 Å². The zero-order chi connectivity index (χ0) is 20.2. The third-order valence-electron chi connectivity index (χ3n) is 3.37. The van der Waals surface area contributed by atoms with Crippen LogP contribution in [0.2, 0.25) is 0 Å². The lowest BCUT2D eigenvalue weighted by atomic mass is 10.0. The SMILES string of the molecule is C#Cc1ccc(OCC(F)(F)F)c(-c2ccc(C(=O)OC(C)(C)C)cc2)c1. The lowest BCUT2D eigenvalue weighted by molar-refractivity contribution is -0.153. The standard InChI is InChI=1S/C21H19F3O3/c1-5-14-6-11-18(26-13-21(22,23)24)17(12-14)15-7-9-16(10-8-15)19(25)27-20(2,3)4/h1,6-12H,13H2,2-4H3. The first-order valence-corrected chi connectivity index (χ1v) is 8.12. The van der Waals surface area contributed by atoms with Gasteiger partial charge in [0.2, 0.25) is 0 Å². The smallest absolute Gasteiger partial charge is 0.422 e. The summed E-state index contributed by atoms with van der Waals surface area (Å²) in [6.45, 7) is 3.87. The highest BCUT2D eigenvalue weighted by Crippen LogP contribution is 2.32. The second kappa shape index (κ2) is 7.75. The molecule has 0 atom stereocenters. The Bertz CT molecular complexity index is 854. The fourth-order valence-electron chi connectivity index (χ4n) is 2.25. The molecule has 0 radical (unpaired) electrons. The van der Waals surface area contributed by atoms with Gasteiger partial charge in [-0.2, -0.15) is 13.2 Å². The van der Waals surface area contributed by atoms with E-state index in [9.17, 15) is 18.0 Å². The van der Waals surface area contributed by atoms with Gasteiger partial charge in [0.05, 0.1) is 5.56 Å². The van der Waals surface area contributed by atoms with Gasteiger partial charge in [-0.25, -0.2) is 4.79 Å². The molecule has 0 saturated carbocycles. The monoisotopic (exact) mass is 376 g/mol. The molecule has 0 heterocycles. The van der Waals surface area contributed by atoms with E-state index in [1.54, 1.807) is 51.1 Å². The van der Waals surface area contributed by atoms with Crippen molar-refractivity contribution in [2.24, 2.45) is 0 Å². The molecule has 0 saturated heterocycles. The van der Waals surface area contributed by atoms with Crippen LogP contribution < -0.4 is 4.74 Å². The second-order valence-corrected chi connectivity index (χ2v) is 6.84. The number of alkyl halides is 3. The van der Waals surface area contributed by atoms with E-state index < -0.39 is 24.4 Å². The van der Waals surface area contributed by atoms with Crippen molar-refractivity contribution < 1.29 is 27.4 Å². The number of hydrogen-bond acceptors (Lipinski definition) is 3. The van der Waals surface area contributed by atoms with Gasteiger partial charge in [0.15, 0.2) is 6.61 Å². The molecule has 6 heteroatoms. The molecule has 2 aromatic rings. The first-order chi connectivity index (χ1) is 12.5. The van der Waals surface area contributed by atoms with Crippen LogP contribution in [-0.4, -0.2) is 24.4 Å². The predicted octanol–water partition coefficient (Wildman–Crippen LogP) is 5.23. The van der Waals surface area contributed by atoms with Crippen molar-refractivity contribution in [1.82, 2.24) is 0 Å². The lowest BCUT2D eigenvalue weighted by Crippen LogP contribution is -2.23. The molecule has 0 spiro atoms. The molecule has 27 heavy (non-hydrogen) atoms. The third kappa shape index (κ3) is 6.07. The summed E-state index contributed by atoms with van der Waals surface area (Å²) >= 11 is 0. The van der Waals surface area contributed by atoms with Crippen LogP contribution in [0.15, 0.2) is 42.5 Å². The van der Waals surface area contributed by atoms with E-state index in [0.717, 1.165) is 0 Å². The van der Waals surface area contributed by atoms with Gasteiger partial charge in [-0.3, -0.25) is 0 Å². The van der Waals surface area contributed by atoms with Gasteiger partial charge in [0.1, 0.15) is 11.4 Å². The molecule has 0 aliphatic rings. The molecule has 2 rings (SSSR count). The zero-order valence-electron chi connectivity index (χ0n) is 15.2. The average molecular weight is 376 g/mol. The Kier molecular flexibility index (Phi) is 5.85. The Morgan fingerprint density at radius 1 is 1.07 bits per heavy atom. The van der Waals surface area contributed by atoms with Crippen molar-refractivity contribution in [2.45, 2.75) is 32.5 Å². The van der Waals surface area contributed by atoms with Gasteiger partial charge in [-0.15, -0.1) is 6.42 Å². The molecule has 0 N–H and O–H groups in total. The Morgan fingerprint density at radius 3 is 2.22 bits per heavy atom. The van der Waals surface area contributed by atoms with Gasteiger partial charge in [-0.1, -0.05) is 18.1 Å². The topological polar surface area (TPSA) is 35.5 Å². The Hall–Kier alpha value is -2.94. The van der Waals surface area contributed by atoms with Gasteiger partial charge < -0.3 is 9.47 Å². The van der Waals surface area contributed by atoms with Crippen molar-refractivity contribution in [1.29, 1.82) is 0 Å². The molecular weight excluding hydrogens is 357 g/mol. The van der Waals surface area contributed by atoms with Gasteiger partial charge in [0.25, 0.3) is 0 Å². The Morgan fingerprint density at radius 2 is 1.70 bits per heavy atom. The number of halogens is 3. The van der Waals surface area contributed by atoms with Gasteiger partial charge in [-0.05, 0) is 56.7 Å². The molecule has 2 aromatic carbocycles. The van der Waals surface area contributed by atoms with E-state index in [2.05, 4.69) is 5.92 Å². The van der Waals surface area contributed by atoms with Crippen LogP contribution in [0.5, 0.6) is 5.75 Å². The number of ether oxygens (including phenoxy) is 2. The van der Waals surface area contributed by atoms with Crippen molar-refractivity contribution >= 4 is 5.97 Å². The highest BCUT2D eigenvalue weighted by atomic mass is 19.4. The van der Waals surface area contributed by atoms with Crippen molar-refractivity contribution in [3.8, 4) is 29.2 Å². The highest BCUT2D eigenvalue weighted by molar-refractivity contribution is 5.90. The minimum atomic E-state index is -4.46. The van der Waals surface area contributed by atoms with Crippen LogP contribution in [-0.2, 0) is 4.74 Å². The fraction of sp³-hybridized carbons (Fsp3) is 0.286. The minimum Gasteiger partial charge on any atom is -0.483 e. The summed E-state index contributed by atoms with van der Waals surface area (Å²) in [7, 11) is 0. The second-order valence-electron chi connectivity index (χ2n) is 6.84. The van der Waals surface area contributed by atoms with Gasteiger partial charge >= 0.3 is 12.1 Å². The van der Waals surface area contributed by atoms with E-state index >= 15 is 0 Å². The lowest BCUT2D eigenvalue weighted by Gasteiger charge is -2.19. The number of benzene rings is 2. The predicted molar refractivity (Wildman–Crippen MR) is 96.5 cm³/mol. The zero-order valence-corrected chi connectivity index (χ0v) is 15.2. The Balaban J connectivity index is 2.33. The highest BCUT2D eigenvalue weighted by Gasteiger charge is 2.29. The van der Waals surface area contributed by atoms with E-state index in [1.165, 1.54) is 12.1 Å². The van der Waals surface area contributed by atoms with E-state index in [4.69, 9.17) is 15.9 Å². The van der Waals surface area contributed by atoms with Crippen LogP contribution in [0.4, 0.5) is 13.2 Å². The molecule has 0 unspecified atom stereocenters. The van der Waals surface area contributed by atoms with Crippen LogP contribution in [0.25, 0.3) is 11.1 Å². The summed E-state index contributed by atoms with van der Waals surface area (Å²) in [4.78, 5) is 12.1. The summed E-state index contributed by atoms with van der Waals surface area (Å²) in [6, 6.07) is 10.8. The summed E-state index contributed by atoms with van der Waals surface area (Å²) in [5.41, 5.74) is 1.18. The maximum atomic E-state index is 12.5. The fourth-order valence-corrected chi connectivity index (χ4v) is 2.25. The van der Waals surface area contributed by atoms with Crippen molar-refractivity contribution in [2.75, 3.05) is 6.61 Å². The molecule has 0 bridgehead atoms. The number of rotatable bonds is 4. The maximum Gasteiger partial charge on any atom is 0.422 e. The number of carbonyl (C=O) groups excluding carboxylic acids is 1. The van der Waals surface area contributed by atoms with E-state index in [-0.39, 0.29) is 5.75 Å². The molecule has 0 amide bonds. The Labute approximate surface area is 156 Å². The minimum absolute atomic E-state index is 0.0522. The summed E-state index contributed by atoms with van der Waals surface area (Å²) in [5, 5.41) is 0. The van der Waals surface area contributed by atoms with Crippen molar-refractivity contribution in [3.05, 3.63) is 53.6 Å². The number of carbonyl (C=O) groups is 1.